The Bertz CT molecular complexity index is 765. The van der Waals surface area contributed by atoms with Crippen LogP contribution in [0.5, 0.6) is 0 Å². The van der Waals surface area contributed by atoms with Crippen molar-refractivity contribution < 1.29 is 8.42 Å². The Morgan fingerprint density at radius 2 is 1.96 bits per heavy atom. The lowest BCUT2D eigenvalue weighted by atomic mass is 10.1. The van der Waals surface area contributed by atoms with Crippen LogP contribution in [0.2, 0.25) is 0 Å². The minimum atomic E-state index is -2.90. The van der Waals surface area contributed by atoms with Crippen molar-refractivity contribution in [3.8, 4) is 0 Å². The number of rotatable bonds is 7. The molecule has 0 unspecified atom stereocenters. The van der Waals surface area contributed by atoms with Crippen molar-refractivity contribution >= 4 is 26.7 Å². The molecule has 126 valence electrons. The molecule has 7 heteroatoms. The van der Waals surface area contributed by atoms with Crippen LogP contribution in [-0.2, 0) is 16.3 Å². The van der Waals surface area contributed by atoms with Crippen molar-refractivity contribution in [2.45, 2.75) is 12.8 Å². The quantitative estimate of drug-likeness (QED) is 0.404. The van der Waals surface area contributed by atoms with Gasteiger partial charge in [-0.3, -0.25) is 4.99 Å². The van der Waals surface area contributed by atoms with E-state index in [0.717, 1.165) is 18.5 Å². The number of hydrogen-bond donors (Lipinski definition) is 3. The summed E-state index contributed by atoms with van der Waals surface area (Å²) < 4.78 is 22.2. The molecule has 0 bridgehead atoms. The Morgan fingerprint density at radius 1 is 1.22 bits per heavy atom. The van der Waals surface area contributed by atoms with Gasteiger partial charge in [0.05, 0.1) is 5.75 Å². The zero-order chi connectivity index (χ0) is 16.7. The maximum Gasteiger partial charge on any atom is 0.190 e. The predicted molar refractivity (Wildman–Crippen MR) is 95.7 cm³/mol. The van der Waals surface area contributed by atoms with E-state index in [2.05, 4.69) is 32.7 Å². The molecule has 0 atom stereocenters. The lowest BCUT2D eigenvalue weighted by Gasteiger charge is -2.11. The van der Waals surface area contributed by atoms with E-state index in [1.165, 1.54) is 17.2 Å². The van der Waals surface area contributed by atoms with Crippen LogP contribution >= 0.6 is 0 Å². The van der Waals surface area contributed by atoms with Crippen molar-refractivity contribution in [3.63, 3.8) is 0 Å². The Labute approximate surface area is 137 Å². The molecule has 3 N–H and O–H groups in total. The van der Waals surface area contributed by atoms with E-state index in [-0.39, 0.29) is 5.75 Å². The van der Waals surface area contributed by atoms with E-state index in [9.17, 15) is 8.42 Å². The minimum Gasteiger partial charge on any atom is -0.361 e. The summed E-state index contributed by atoms with van der Waals surface area (Å²) in [5, 5.41) is 7.61. The second kappa shape index (κ2) is 8.01. The normalized spacial score (nSPS) is 12.5. The van der Waals surface area contributed by atoms with Crippen molar-refractivity contribution in [1.29, 1.82) is 0 Å². The fourth-order valence-electron chi connectivity index (χ4n) is 2.42. The molecule has 0 spiro atoms. The van der Waals surface area contributed by atoms with Crippen LogP contribution in [0.1, 0.15) is 12.0 Å². The topological polar surface area (TPSA) is 86.3 Å². The van der Waals surface area contributed by atoms with Gasteiger partial charge in [-0.2, -0.15) is 0 Å². The second-order valence-corrected chi connectivity index (χ2v) is 7.78. The van der Waals surface area contributed by atoms with Gasteiger partial charge in [0, 0.05) is 43.5 Å². The van der Waals surface area contributed by atoms with Crippen molar-refractivity contribution in [2.75, 3.05) is 32.1 Å². The van der Waals surface area contributed by atoms with E-state index >= 15 is 0 Å². The zero-order valence-corrected chi connectivity index (χ0v) is 14.4. The van der Waals surface area contributed by atoms with E-state index in [1.54, 1.807) is 7.05 Å². The molecule has 2 aromatic rings. The van der Waals surface area contributed by atoms with Gasteiger partial charge in [0.1, 0.15) is 9.84 Å². The van der Waals surface area contributed by atoms with Crippen LogP contribution in [0.3, 0.4) is 0 Å². The number of nitrogens with zero attached hydrogens (tertiary/aromatic N) is 1. The van der Waals surface area contributed by atoms with E-state index in [4.69, 9.17) is 0 Å². The predicted octanol–water partition coefficient (Wildman–Crippen LogP) is 1.31. The summed E-state index contributed by atoms with van der Waals surface area (Å²) in [5.74, 6) is 0.880. The smallest absolute Gasteiger partial charge is 0.190 e. The Kier molecular flexibility index (Phi) is 6.04. The number of H-pyrrole nitrogens is 1. The number of sulfone groups is 1. The fraction of sp³-hybridized carbons (Fsp3) is 0.438. The summed E-state index contributed by atoms with van der Waals surface area (Å²) >= 11 is 0. The van der Waals surface area contributed by atoms with E-state index in [1.807, 2.05) is 18.3 Å². The van der Waals surface area contributed by atoms with Crippen LogP contribution in [0, 0.1) is 0 Å². The van der Waals surface area contributed by atoms with Gasteiger partial charge in [-0.25, -0.2) is 8.42 Å². The van der Waals surface area contributed by atoms with Gasteiger partial charge < -0.3 is 15.6 Å². The highest BCUT2D eigenvalue weighted by atomic mass is 32.2. The molecule has 0 aliphatic heterocycles. The van der Waals surface area contributed by atoms with Crippen LogP contribution in [0.15, 0.2) is 35.5 Å². The summed E-state index contributed by atoms with van der Waals surface area (Å²) in [6, 6.07) is 8.23. The summed E-state index contributed by atoms with van der Waals surface area (Å²) in [5.41, 5.74) is 2.41. The fourth-order valence-corrected chi connectivity index (χ4v) is 3.08. The summed E-state index contributed by atoms with van der Waals surface area (Å²) in [6.45, 7) is 1.34. The highest BCUT2D eigenvalue weighted by Gasteiger charge is 2.04. The van der Waals surface area contributed by atoms with Crippen LogP contribution in [-0.4, -0.2) is 51.5 Å². The molecule has 1 aromatic heterocycles. The first-order valence-corrected chi connectivity index (χ1v) is 9.73. The molecule has 2 rings (SSSR count). The largest absolute Gasteiger partial charge is 0.361 e. The van der Waals surface area contributed by atoms with Crippen molar-refractivity contribution in [1.82, 2.24) is 15.6 Å². The zero-order valence-electron chi connectivity index (χ0n) is 13.6. The highest BCUT2D eigenvalue weighted by Crippen LogP contribution is 2.17. The maximum absolute atomic E-state index is 11.1. The first-order chi connectivity index (χ1) is 11.0. The number of guanidine groups is 1. The number of aromatic amines is 1. The summed E-state index contributed by atoms with van der Waals surface area (Å²) in [4.78, 5) is 7.41. The first kappa shape index (κ1) is 17.3. The first-order valence-electron chi connectivity index (χ1n) is 7.67. The third-order valence-electron chi connectivity index (χ3n) is 3.57. The number of benzene rings is 1. The average molecular weight is 336 g/mol. The number of aliphatic imine (C=N–C) groups is 1. The Balaban J connectivity index is 1.75. The maximum atomic E-state index is 11.1. The molecule has 0 aliphatic rings. The van der Waals surface area contributed by atoms with Gasteiger partial charge in [-0.05, 0) is 24.5 Å². The second-order valence-electron chi connectivity index (χ2n) is 5.52. The molecule has 0 fully saturated rings. The molecule has 0 saturated carbocycles. The van der Waals surface area contributed by atoms with Crippen molar-refractivity contribution in [3.05, 3.63) is 36.0 Å². The monoisotopic (exact) mass is 336 g/mol. The summed E-state index contributed by atoms with van der Waals surface area (Å²) in [7, 11) is -1.19. The number of hydrogen-bond acceptors (Lipinski definition) is 3. The van der Waals surface area contributed by atoms with Gasteiger partial charge in [0.2, 0.25) is 0 Å². The van der Waals surface area contributed by atoms with E-state index < -0.39 is 9.84 Å². The standard InChI is InChI=1S/C16H24N4O2S/c1-17-16(18-9-5-11-23(2,21)22)19-10-8-13-12-20-15-7-4-3-6-14(13)15/h3-4,6-7,12,20H,5,8-11H2,1-2H3,(H2,17,18,19). The molecule has 1 aromatic carbocycles. The van der Waals surface area contributed by atoms with Gasteiger partial charge >= 0.3 is 0 Å². The van der Waals surface area contributed by atoms with Crippen LogP contribution in [0.25, 0.3) is 10.9 Å². The highest BCUT2D eigenvalue weighted by molar-refractivity contribution is 7.90. The lowest BCUT2D eigenvalue weighted by molar-refractivity contribution is 0.598. The number of aromatic nitrogens is 1. The Morgan fingerprint density at radius 3 is 2.70 bits per heavy atom. The summed E-state index contributed by atoms with van der Waals surface area (Å²) in [6.07, 6.45) is 4.74. The average Bonchev–Trinajstić information content (AvgIpc) is 2.92. The van der Waals surface area contributed by atoms with Crippen LogP contribution in [0.4, 0.5) is 0 Å². The minimum absolute atomic E-state index is 0.187. The molecular formula is C16H24N4O2S. The molecule has 0 amide bonds. The third kappa shape index (κ3) is 5.59. The number of para-hydroxylation sites is 1. The molecule has 0 aliphatic carbocycles. The van der Waals surface area contributed by atoms with E-state index in [0.29, 0.717) is 18.9 Å². The van der Waals surface area contributed by atoms with Gasteiger partial charge in [0.15, 0.2) is 5.96 Å². The van der Waals surface area contributed by atoms with Gasteiger partial charge in [-0.15, -0.1) is 0 Å². The third-order valence-corrected chi connectivity index (χ3v) is 4.60. The SMILES string of the molecule is CN=C(NCCCS(C)(=O)=O)NCCc1c[nH]c2ccccc12. The van der Waals surface area contributed by atoms with Gasteiger partial charge in [-0.1, -0.05) is 18.2 Å². The van der Waals surface area contributed by atoms with Gasteiger partial charge in [0.25, 0.3) is 0 Å². The molecule has 6 nitrogen and oxygen atoms in total. The number of nitrogens with one attached hydrogen (secondary N) is 3. The molecule has 0 radical (unpaired) electrons. The molecule has 1 heterocycles. The van der Waals surface area contributed by atoms with Crippen LogP contribution < -0.4 is 10.6 Å². The van der Waals surface area contributed by atoms with Crippen molar-refractivity contribution in [2.24, 2.45) is 4.99 Å². The number of fused-ring (bicyclic) bond motifs is 1. The lowest BCUT2D eigenvalue weighted by Crippen LogP contribution is -2.39. The Hall–Kier alpha value is -2.02. The molecule has 23 heavy (non-hydrogen) atoms. The molecule has 0 saturated heterocycles. The molecular weight excluding hydrogens is 312 g/mol.